The second-order valence-corrected chi connectivity index (χ2v) is 6.94. The first-order chi connectivity index (χ1) is 10.0. The first-order valence-electron chi connectivity index (χ1n) is 7.36. The van der Waals surface area contributed by atoms with Gasteiger partial charge in [0.05, 0.1) is 12.4 Å². The van der Waals surface area contributed by atoms with Gasteiger partial charge >= 0.3 is 0 Å². The molecule has 1 saturated heterocycles. The Balaban J connectivity index is 2.17. The number of rotatable bonds is 6. The Kier molecular flexibility index (Phi) is 5.53. The molecular formula is C16H24N2O2S. The van der Waals surface area contributed by atoms with Crippen molar-refractivity contribution in [3.05, 3.63) is 29.8 Å². The lowest BCUT2D eigenvalue weighted by molar-refractivity contribution is -0.129. The van der Waals surface area contributed by atoms with Crippen LogP contribution >= 0.6 is 11.8 Å². The average molecular weight is 308 g/mol. The zero-order valence-corrected chi connectivity index (χ0v) is 13.9. The van der Waals surface area contributed by atoms with E-state index in [0.29, 0.717) is 6.04 Å². The molecule has 1 aliphatic rings. The Labute approximate surface area is 131 Å². The fourth-order valence-corrected chi connectivity index (χ4v) is 3.82. The molecule has 0 unspecified atom stereocenters. The van der Waals surface area contributed by atoms with Crippen molar-refractivity contribution in [1.29, 1.82) is 0 Å². The fourth-order valence-electron chi connectivity index (χ4n) is 2.49. The van der Waals surface area contributed by atoms with E-state index in [2.05, 4.69) is 19.2 Å². The third-order valence-corrected chi connectivity index (χ3v) is 4.93. The number of ether oxygens (including phenoxy) is 1. The number of hydrogen-bond donors (Lipinski definition) is 1. The highest BCUT2D eigenvalue weighted by molar-refractivity contribution is 8.01. The minimum Gasteiger partial charge on any atom is -0.496 e. The maximum atomic E-state index is 12.4. The van der Waals surface area contributed by atoms with Crippen LogP contribution in [0.25, 0.3) is 0 Å². The van der Waals surface area contributed by atoms with Gasteiger partial charge in [-0.2, -0.15) is 0 Å². The monoisotopic (exact) mass is 308 g/mol. The lowest BCUT2D eigenvalue weighted by atomic mass is 10.1. The molecule has 0 bridgehead atoms. The molecule has 1 aromatic rings. The van der Waals surface area contributed by atoms with Gasteiger partial charge in [0.25, 0.3) is 0 Å². The van der Waals surface area contributed by atoms with Crippen molar-refractivity contribution in [3.8, 4) is 5.75 Å². The van der Waals surface area contributed by atoms with Crippen LogP contribution in [0, 0.1) is 0 Å². The molecule has 0 aliphatic carbocycles. The van der Waals surface area contributed by atoms with E-state index in [1.54, 1.807) is 18.9 Å². The van der Waals surface area contributed by atoms with Crippen molar-refractivity contribution in [2.75, 3.05) is 20.2 Å². The predicted octanol–water partition coefficient (Wildman–Crippen LogP) is 2.66. The molecule has 1 amide bonds. The Hall–Kier alpha value is -1.20. The molecule has 1 fully saturated rings. The van der Waals surface area contributed by atoms with Gasteiger partial charge in [0.15, 0.2) is 0 Å². The molecule has 1 N–H and O–H groups in total. The largest absolute Gasteiger partial charge is 0.496 e. The second-order valence-electron chi connectivity index (χ2n) is 5.51. The molecule has 0 aromatic heterocycles. The first kappa shape index (κ1) is 16.2. The summed E-state index contributed by atoms with van der Waals surface area (Å²) < 4.78 is 5.45. The Bertz CT molecular complexity index is 493. The first-order valence-corrected chi connectivity index (χ1v) is 8.31. The zero-order chi connectivity index (χ0) is 15.4. The lowest BCUT2D eigenvalue weighted by Gasteiger charge is -2.26. The molecule has 1 aliphatic heterocycles. The SMILES string of the molecule is COc1ccccc1[C@@H]1S[C@@H](C)C(=O)N1CCNC(C)C. The molecule has 0 radical (unpaired) electrons. The molecule has 1 heterocycles. The van der Waals surface area contributed by atoms with Crippen molar-refractivity contribution in [3.63, 3.8) is 0 Å². The zero-order valence-electron chi connectivity index (χ0n) is 13.1. The highest BCUT2D eigenvalue weighted by atomic mass is 32.2. The number of carbonyl (C=O) groups excluding carboxylic acids is 1. The summed E-state index contributed by atoms with van der Waals surface area (Å²) in [4.78, 5) is 14.4. The van der Waals surface area contributed by atoms with Gasteiger partial charge in [0, 0.05) is 24.7 Å². The molecule has 1 aromatic carbocycles. The molecule has 0 saturated carbocycles. The molecule has 116 valence electrons. The van der Waals surface area contributed by atoms with Crippen LogP contribution in [-0.2, 0) is 4.79 Å². The van der Waals surface area contributed by atoms with Crippen molar-refractivity contribution >= 4 is 17.7 Å². The maximum Gasteiger partial charge on any atom is 0.236 e. The standard InChI is InChI=1S/C16H24N2O2S/c1-11(2)17-9-10-18-15(19)12(3)21-16(18)13-7-5-6-8-14(13)20-4/h5-8,11-12,16-17H,9-10H2,1-4H3/t12-,16-/m0/s1. The summed E-state index contributed by atoms with van der Waals surface area (Å²) in [5.41, 5.74) is 1.08. The highest BCUT2D eigenvalue weighted by Gasteiger charge is 2.39. The van der Waals surface area contributed by atoms with Gasteiger partial charge < -0.3 is 15.0 Å². The van der Waals surface area contributed by atoms with Crippen LogP contribution in [-0.4, -0.2) is 42.3 Å². The van der Waals surface area contributed by atoms with Crippen molar-refractivity contribution in [2.45, 2.75) is 37.4 Å². The number of hydrogen-bond acceptors (Lipinski definition) is 4. The molecule has 0 spiro atoms. The van der Waals surface area contributed by atoms with Crippen LogP contribution in [0.4, 0.5) is 0 Å². The summed E-state index contributed by atoms with van der Waals surface area (Å²) in [6.45, 7) is 7.73. The number of carbonyl (C=O) groups is 1. The van der Waals surface area contributed by atoms with Gasteiger partial charge in [-0.3, -0.25) is 4.79 Å². The Morgan fingerprint density at radius 1 is 1.38 bits per heavy atom. The van der Waals surface area contributed by atoms with Crippen LogP contribution in [0.1, 0.15) is 31.7 Å². The van der Waals surface area contributed by atoms with Crippen molar-refractivity contribution < 1.29 is 9.53 Å². The lowest BCUT2D eigenvalue weighted by Crippen LogP contribution is -2.38. The summed E-state index contributed by atoms with van der Waals surface area (Å²) in [6.07, 6.45) is 0. The minimum absolute atomic E-state index is 0.000961. The molecule has 4 nitrogen and oxygen atoms in total. The van der Waals surface area contributed by atoms with E-state index in [4.69, 9.17) is 4.74 Å². The number of nitrogens with one attached hydrogen (secondary N) is 1. The fraction of sp³-hybridized carbons (Fsp3) is 0.562. The highest BCUT2D eigenvalue weighted by Crippen LogP contribution is 2.45. The van der Waals surface area contributed by atoms with Gasteiger partial charge in [-0.25, -0.2) is 0 Å². The quantitative estimate of drug-likeness (QED) is 0.877. The van der Waals surface area contributed by atoms with E-state index in [0.717, 1.165) is 24.4 Å². The van der Waals surface area contributed by atoms with Gasteiger partial charge in [-0.1, -0.05) is 32.0 Å². The van der Waals surface area contributed by atoms with Gasteiger partial charge in [-0.15, -0.1) is 11.8 Å². The normalized spacial score (nSPS) is 22.1. The second kappa shape index (κ2) is 7.18. The Morgan fingerprint density at radius 2 is 2.10 bits per heavy atom. The predicted molar refractivity (Wildman–Crippen MR) is 87.6 cm³/mol. The van der Waals surface area contributed by atoms with Crippen molar-refractivity contribution in [1.82, 2.24) is 10.2 Å². The van der Waals surface area contributed by atoms with E-state index in [1.165, 1.54) is 0 Å². The summed E-state index contributed by atoms with van der Waals surface area (Å²) in [5, 5.41) is 3.41. The van der Waals surface area contributed by atoms with E-state index in [1.807, 2.05) is 36.1 Å². The van der Waals surface area contributed by atoms with Gasteiger partial charge in [0.2, 0.25) is 5.91 Å². The third-order valence-electron chi connectivity index (χ3n) is 3.56. The van der Waals surface area contributed by atoms with Crippen LogP contribution in [0.5, 0.6) is 5.75 Å². The molecule has 2 rings (SSSR count). The number of para-hydroxylation sites is 1. The number of amides is 1. The maximum absolute atomic E-state index is 12.4. The van der Waals surface area contributed by atoms with E-state index >= 15 is 0 Å². The molecular weight excluding hydrogens is 284 g/mol. The summed E-state index contributed by atoms with van der Waals surface area (Å²) in [7, 11) is 1.67. The van der Waals surface area contributed by atoms with Crippen LogP contribution in [0.3, 0.4) is 0 Å². The van der Waals surface area contributed by atoms with E-state index in [-0.39, 0.29) is 16.5 Å². The van der Waals surface area contributed by atoms with E-state index < -0.39 is 0 Å². The topological polar surface area (TPSA) is 41.6 Å². The summed E-state index contributed by atoms with van der Waals surface area (Å²) in [6, 6.07) is 8.38. The third kappa shape index (κ3) is 3.71. The van der Waals surface area contributed by atoms with Crippen molar-refractivity contribution in [2.24, 2.45) is 0 Å². The number of thioether (sulfide) groups is 1. The Morgan fingerprint density at radius 3 is 2.76 bits per heavy atom. The van der Waals surface area contributed by atoms with Crippen LogP contribution in [0.2, 0.25) is 0 Å². The van der Waals surface area contributed by atoms with Gasteiger partial charge in [0.1, 0.15) is 11.1 Å². The summed E-state index contributed by atoms with van der Waals surface area (Å²) in [5.74, 6) is 1.06. The molecule has 2 atom stereocenters. The number of nitrogens with zero attached hydrogens (tertiary/aromatic N) is 1. The van der Waals surface area contributed by atoms with Crippen LogP contribution < -0.4 is 10.1 Å². The van der Waals surface area contributed by atoms with E-state index in [9.17, 15) is 4.79 Å². The van der Waals surface area contributed by atoms with Gasteiger partial charge in [-0.05, 0) is 13.0 Å². The average Bonchev–Trinajstić information content (AvgIpc) is 2.75. The number of methoxy groups -OCH3 is 1. The number of benzene rings is 1. The van der Waals surface area contributed by atoms with Crippen LogP contribution in [0.15, 0.2) is 24.3 Å². The molecule has 5 heteroatoms. The smallest absolute Gasteiger partial charge is 0.236 e. The summed E-state index contributed by atoms with van der Waals surface area (Å²) >= 11 is 1.69. The molecule has 21 heavy (non-hydrogen) atoms. The minimum atomic E-state index is -0.000961.